The second kappa shape index (κ2) is 4.66. The molecule has 3 heteroatoms. The van der Waals surface area contributed by atoms with E-state index in [-0.39, 0.29) is 11.7 Å². The highest BCUT2D eigenvalue weighted by Gasteiger charge is 2.64. The Morgan fingerprint density at radius 2 is 2.14 bits per heavy atom. The first-order valence-electron chi connectivity index (χ1n) is 8.48. The summed E-state index contributed by atoms with van der Waals surface area (Å²) in [4.78, 5) is 11.8. The maximum absolute atomic E-state index is 11.8. The predicted octanol–water partition coefficient (Wildman–Crippen LogP) is 3.48. The maximum Gasteiger partial charge on any atom is 0.163 e. The molecule has 0 unspecified atom stereocenters. The molecule has 116 valence electrons. The van der Waals surface area contributed by atoms with Crippen LogP contribution in [0.2, 0.25) is 0 Å². The Balaban J connectivity index is 1.82. The van der Waals surface area contributed by atoms with E-state index in [1.807, 2.05) is 6.08 Å². The zero-order valence-electron chi connectivity index (χ0n) is 13.2. The summed E-state index contributed by atoms with van der Waals surface area (Å²) >= 11 is 0. The van der Waals surface area contributed by atoms with Crippen molar-refractivity contribution >= 4 is 5.78 Å². The lowest BCUT2D eigenvalue weighted by Crippen LogP contribution is -2.64. The average molecular weight is 290 g/mol. The molecule has 3 nitrogen and oxygen atoms in total. The van der Waals surface area contributed by atoms with E-state index in [1.165, 1.54) is 31.3 Å². The van der Waals surface area contributed by atoms with Gasteiger partial charge in [-0.15, -0.1) is 0 Å². The van der Waals surface area contributed by atoms with Crippen molar-refractivity contribution in [2.24, 2.45) is 22.7 Å². The molecule has 0 aromatic rings. The molecule has 3 aliphatic carbocycles. The number of carbonyl (C=O) groups excluding carboxylic acids is 1. The molecule has 1 saturated heterocycles. The highest BCUT2D eigenvalue weighted by atomic mass is 16.7. The van der Waals surface area contributed by atoms with Gasteiger partial charge in [0, 0.05) is 18.9 Å². The van der Waals surface area contributed by atoms with Gasteiger partial charge < -0.3 is 9.47 Å². The molecule has 4 rings (SSSR count). The number of carbonyl (C=O) groups is 1. The zero-order valence-corrected chi connectivity index (χ0v) is 13.2. The molecule has 1 heterocycles. The van der Waals surface area contributed by atoms with Gasteiger partial charge in [0.25, 0.3) is 0 Å². The van der Waals surface area contributed by atoms with Crippen LogP contribution in [0.25, 0.3) is 0 Å². The normalized spacial score (nSPS) is 49.1. The molecule has 3 fully saturated rings. The first kappa shape index (κ1) is 14.0. The number of ether oxygens (including phenoxy) is 2. The fourth-order valence-corrected chi connectivity index (χ4v) is 6.18. The van der Waals surface area contributed by atoms with E-state index in [9.17, 15) is 4.79 Å². The minimum atomic E-state index is -0.0854. The van der Waals surface area contributed by atoms with Crippen molar-refractivity contribution in [3.63, 3.8) is 0 Å². The molecule has 2 saturated carbocycles. The molecule has 4 aliphatic rings. The first-order valence-corrected chi connectivity index (χ1v) is 8.48. The Morgan fingerprint density at radius 1 is 1.29 bits per heavy atom. The van der Waals surface area contributed by atoms with Gasteiger partial charge in [-0.25, -0.2) is 0 Å². The molecule has 0 spiro atoms. The molecule has 0 N–H and O–H groups in total. The lowest BCUT2D eigenvalue weighted by molar-refractivity contribution is -0.313. The molecule has 0 aromatic heterocycles. The van der Waals surface area contributed by atoms with Crippen molar-refractivity contribution in [2.75, 3.05) is 13.7 Å². The first-order chi connectivity index (χ1) is 10.1. The van der Waals surface area contributed by atoms with Crippen LogP contribution in [0.3, 0.4) is 0 Å². The number of hydrogen-bond donors (Lipinski definition) is 0. The summed E-state index contributed by atoms with van der Waals surface area (Å²) in [5.74, 6) is 1.51. The smallest absolute Gasteiger partial charge is 0.163 e. The lowest BCUT2D eigenvalue weighted by atomic mass is 9.44. The number of hydrogen-bond acceptors (Lipinski definition) is 3. The molecule has 2 bridgehead atoms. The third-order valence-electron chi connectivity index (χ3n) is 6.91. The SMILES string of the molecule is CO[C@H]1OC[C@]2(C)CCC[C@]13[C@@H]1CCC(=O)C=C1CC[C@H]23. The van der Waals surface area contributed by atoms with Crippen LogP contribution in [-0.2, 0) is 14.3 Å². The van der Waals surface area contributed by atoms with E-state index in [0.717, 1.165) is 19.4 Å². The molecular weight excluding hydrogens is 264 g/mol. The summed E-state index contributed by atoms with van der Waals surface area (Å²) in [6, 6.07) is 0. The quantitative estimate of drug-likeness (QED) is 0.741. The van der Waals surface area contributed by atoms with Crippen LogP contribution >= 0.6 is 0 Å². The second-order valence-corrected chi connectivity index (χ2v) is 7.87. The summed E-state index contributed by atoms with van der Waals surface area (Å²) in [7, 11) is 1.79. The summed E-state index contributed by atoms with van der Waals surface area (Å²) in [6.07, 6.45) is 9.63. The van der Waals surface area contributed by atoms with E-state index in [0.29, 0.717) is 29.5 Å². The van der Waals surface area contributed by atoms with E-state index < -0.39 is 0 Å². The van der Waals surface area contributed by atoms with Gasteiger partial charge in [-0.1, -0.05) is 18.9 Å². The largest absolute Gasteiger partial charge is 0.355 e. The van der Waals surface area contributed by atoms with Gasteiger partial charge in [0.2, 0.25) is 0 Å². The highest BCUT2D eigenvalue weighted by molar-refractivity contribution is 5.91. The van der Waals surface area contributed by atoms with Crippen molar-refractivity contribution in [3.8, 4) is 0 Å². The topological polar surface area (TPSA) is 35.5 Å². The van der Waals surface area contributed by atoms with Gasteiger partial charge in [0.05, 0.1) is 6.61 Å². The summed E-state index contributed by atoms with van der Waals surface area (Å²) in [6.45, 7) is 3.25. The second-order valence-electron chi connectivity index (χ2n) is 7.87. The Bertz CT molecular complexity index is 497. The number of allylic oxidation sites excluding steroid dienone is 2. The van der Waals surface area contributed by atoms with Crippen LogP contribution in [0.5, 0.6) is 0 Å². The molecule has 1 aliphatic heterocycles. The number of ketones is 1. The minimum absolute atomic E-state index is 0.0854. The van der Waals surface area contributed by atoms with Crippen molar-refractivity contribution in [2.45, 2.75) is 58.2 Å². The van der Waals surface area contributed by atoms with Crippen LogP contribution in [0.4, 0.5) is 0 Å². The van der Waals surface area contributed by atoms with Gasteiger partial charge >= 0.3 is 0 Å². The molecular formula is C18H26O3. The molecule has 5 atom stereocenters. The zero-order chi connectivity index (χ0) is 14.7. The van der Waals surface area contributed by atoms with Crippen molar-refractivity contribution < 1.29 is 14.3 Å². The minimum Gasteiger partial charge on any atom is -0.355 e. The van der Waals surface area contributed by atoms with E-state index in [1.54, 1.807) is 7.11 Å². The Hall–Kier alpha value is -0.670. The third kappa shape index (κ3) is 1.77. The van der Waals surface area contributed by atoms with Crippen LogP contribution in [0.15, 0.2) is 11.6 Å². The number of methoxy groups -OCH3 is 1. The Kier molecular flexibility index (Phi) is 3.10. The van der Waals surface area contributed by atoms with Gasteiger partial charge in [0.1, 0.15) is 0 Å². The molecule has 0 aromatic carbocycles. The third-order valence-corrected chi connectivity index (χ3v) is 6.91. The molecule has 21 heavy (non-hydrogen) atoms. The van der Waals surface area contributed by atoms with Gasteiger partial charge in [0.15, 0.2) is 12.1 Å². The molecule has 0 radical (unpaired) electrons. The van der Waals surface area contributed by atoms with Gasteiger partial charge in [-0.2, -0.15) is 0 Å². The summed E-state index contributed by atoms with van der Waals surface area (Å²) in [5.41, 5.74) is 1.81. The number of rotatable bonds is 1. The van der Waals surface area contributed by atoms with Gasteiger partial charge in [-0.3, -0.25) is 4.79 Å². The maximum atomic E-state index is 11.8. The van der Waals surface area contributed by atoms with Crippen molar-refractivity contribution in [1.82, 2.24) is 0 Å². The van der Waals surface area contributed by atoms with Crippen LogP contribution in [0, 0.1) is 22.7 Å². The van der Waals surface area contributed by atoms with E-state index in [2.05, 4.69) is 6.92 Å². The van der Waals surface area contributed by atoms with E-state index >= 15 is 0 Å². The fourth-order valence-electron chi connectivity index (χ4n) is 6.18. The lowest BCUT2D eigenvalue weighted by Gasteiger charge is -2.65. The summed E-state index contributed by atoms with van der Waals surface area (Å²) < 4.78 is 12.0. The average Bonchev–Trinajstić information content (AvgIpc) is 2.46. The van der Waals surface area contributed by atoms with Crippen LogP contribution < -0.4 is 0 Å². The Morgan fingerprint density at radius 3 is 2.95 bits per heavy atom. The standard InChI is InChI=1S/C18H26O3/c1-17-8-3-9-18(16(20-2)21-11-17)14-6-5-13(19)10-12(14)4-7-15(17)18/h10,14-16H,3-9,11H2,1-2H3/t14-,15-,16+,17+,18-/m1/s1. The Labute approximate surface area is 127 Å². The van der Waals surface area contributed by atoms with E-state index in [4.69, 9.17) is 9.47 Å². The monoisotopic (exact) mass is 290 g/mol. The fraction of sp³-hybridized carbons (Fsp3) is 0.833. The van der Waals surface area contributed by atoms with Gasteiger partial charge in [-0.05, 0) is 55.4 Å². The number of fused-ring (bicyclic) bond motifs is 1. The highest BCUT2D eigenvalue weighted by Crippen LogP contribution is 2.67. The molecule has 0 amide bonds. The predicted molar refractivity (Wildman–Crippen MR) is 79.7 cm³/mol. The van der Waals surface area contributed by atoms with Crippen LogP contribution in [-0.4, -0.2) is 25.8 Å². The summed E-state index contributed by atoms with van der Waals surface area (Å²) in [5, 5.41) is 0. The van der Waals surface area contributed by atoms with Crippen molar-refractivity contribution in [3.05, 3.63) is 11.6 Å². The van der Waals surface area contributed by atoms with Crippen molar-refractivity contribution in [1.29, 1.82) is 0 Å². The van der Waals surface area contributed by atoms with Crippen LogP contribution in [0.1, 0.15) is 51.9 Å².